The lowest BCUT2D eigenvalue weighted by molar-refractivity contribution is 0.276. The van der Waals surface area contributed by atoms with E-state index >= 15 is 0 Å². The molecule has 0 aliphatic rings. The fourth-order valence-corrected chi connectivity index (χ4v) is 1.55. The Labute approximate surface area is 106 Å². The molecule has 0 saturated heterocycles. The van der Waals surface area contributed by atoms with Gasteiger partial charge in [0.2, 0.25) is 0 Å². The van der Waals surface area contributed by atoms with Crippen LogP contribution in [0.1, 0.15) is 5.56 Å². The van der Waals surface area contributed by atoms with Crippen molar-refractivity contribution >= 4 is 15.9 Å². The van der Waals surface area contributed by atoms with Crippen molar-refractivity contribution < 1.29 is 14.2 Å². The van der Waals surface area contributed by atoms with Crippen LogP contribution in [0.25, 0.3) is 0 Å². The van der Waals surface area contributed by atoms with E-state index < -0.39 is 5.82 Å². The molecule has 0 radical (unpaired) electrons. The van der Waals surface area contributed by atoms with Crippen molar-refractivity contribution in [2.24, 2.45) is 0 Å². The highest BCUT2D eigenvalue weighted by molar-refractivity contribution is 9.10. The monoisotopic (exact) mass is 297 g/mol. The molecule has 88 valence electrons. The molecule has 0 saturated carbocycles. The van der Waals surface area contributed by atoms with E-state index in [1.165, 1.54) is 12.3 Å². The molecular formula is C12H9BrFNO2. The lowest BCUT2D eigenvalue weighted by atomic mass is 10.2. The second-order valence-electron chi connectivity index (χ2n) is 3.32. The van der Waals surface area contributed by atoms with Gasteiger partial charge >= 0.3 is 0 Å². The third kappa shape index (κ3) is 2.81. The quantitative estimate of drug-likeness (QED) is 0.945. The maximum Gasteiger partial charge on any atom is 0.141 e. The molecule has 1 N–H and O–H groups in total. The molecule has 0 amide bonds. The Morgan fingerprint density at radius 2 is 2.18 bits per heavy atom. The maximum absolute atomic E-state index is 13.3. The molecule has 0 fully saturated rings. The predicted molar refractivity (Wildman–Crippen MR) is 64.3 cm³/mol. The predicted octanol–water partition coefficient (Wildman–Crippen LogP) is 3.27. The van der Waals surface area contributed by atoms with Crippen molar-refractivity contribution in [2.45, 2.75) is 6.61 Å². The van der Waals surface area contributed by atoms with Crippen LogP contribution in [-0.4, -0.2) is 10.1 Å². The Morgan fingerprint density at radius 3 is 2.88 bits per heavy atom. The van der Waals surface area contributed by atoms with Gasteiger partial charge in [-0.25, -0.2) is 4.39 Å². The van der Waals surface area contributed by atoms with Crippen molar-refractivity contribution in [3.05, 3.63) is 52.5 Å². The number of aromatic nitrogens is 1. The Bertz CT molecular complexity index is 534. The summed E-state index contributed by atoms with van der Waals surface area (Å²) in [6.45, 7) is -0.178. The molecule has 0 spiro atoms. The lowest BCUT2D eigenvalue weighted by Crippen LogP contribution is -1.93. The molecule has 2 rings (SSSR count). The zero-order valence-corrected chi connectivity index (χ0v) is 10.3. The summed E-state index contributed by atoms with van der Waals surface area (Å²) in [5, 5.41) is 9.09. The highest BCUT2D eigenvalue weighted by atomic mass is 79.9. The Kier molecular flexibility index (Phi) is 3.71. The summed E-state index contributed by atoms with van der Waals surface area (Å²) >= 11 is 3.06. The van der Waals surface area contributed by atoms with Gasteiger partial charge in [0.25, 0.3) is 0 Å². The zero-order valence-electron chi connectivity index (χ0n) is 8.73. The molecule has 0 aliphatic heterocycles. The first kappa shape index (κ1) is 12.0. The fraction of sp³-hybridized carbons (Fsp3) is 0.0833. The van der Waals surface area contributed by atoms with E-state index in [9.17, 15) is 4.39 Å². The van der Waals surface area contributed by atoms with E-state index in [1.807, 2.05) is 0 Å². The van der Waals surface area contributed by atoms with E-state index in [1.54, 1.807) is 24.4 Å². The SMILES string of the molecule is OCc1cnccc1Oc1ccc(Br)c(F)c1. The second-order valence-corrected chi connectivity index (χ2v) is 4.17. The molecule has 0 aliphatic carbocycles. The molecule has 1 aromatic carbocycles. The molecule has 3 nitrogen and oxygen atoms in total. The summed E-state index contributed by atoms with van der Waals surface area (Å²) in [6.07, 6.45) is 3.05. The van der Waals surface area contributed by atoms with Gasteiger partial charge in [0.15, 0.2) is 0 Å². The van der Waals surface area contributed by atoms with E-state index in [0.29, 0.717) is 21.5 Å². The number of rotatable bonds is 3. The van der Waals surface area contributed by atoms with Crippen molar-refractivity contribution in [2.75, 3.05) is 0 Å². The number of hydrogen-bond donors (Lipinski definition) is 1. The Morgan fingerprint density at radius 1 is 1.35 bits per heavy atom. The van der Waals surface area contributed by atoms with Crippen molar-refractivity contribution in [3.8, 4) is 11.5 Å². The van der Waals surface area contributed by atoms with Gasteiger partial charge < -0.3 is 9.84 Å². The second kappa shape index (κ2) is 5.25. The fourth-order valence-electron chi connectivity index (χ4n) is 1.30. The molecule has 0 bridgehead atoms. The molecule has 0 atom stereocenters. The molecule has 2 aromatic rings. The van der Waals surface area contributed by atoms with Crippen LogP contribution >= 0.6 is 15.9 Å². The third-order valence-electron chi connectivity index (χ3n) is 2.15. The van der Waals surface area contributed by atoms with Gasteiger partial charge in [-0.1, -0.05) is 0 Å². The minimum absolute atomic E-state index is 0.178. The van der Waals surface area contributed by atoms with Gasteiger partial charge in [0, 0.05) is 24.0 Å². The number of nitrogens with zero attached hydrogens (tertiary/aromatic N) is 1. The van der Waals surface area contributed by atoms with Gasteiger partial charge in [-0.3, -0.25) is 4.98 Å². The molecular weight excluding hydrogens is 289 g/mol. The first-order valence-corrected chi connectivity index (χ1v) is 5.66. The van der Waals surface area contributed by atoms with E-state index in [-0.39, 0.29) is 6.61 Å². The van der Waals surface area contributed by atoms with Gasteiger partial charge in [-0.2, -0.15) is 0 Å². The van der Waals surface area contributed by atoms with Crippen LogP contribution in [-0.2, 0) is 6.61 Å². The Hall–Kier alpha value is -1.46. The van der Waals surface area contributed by atoms with Gasteiger partial charge in [0.1, 0.15) is 17.3 Å². The van der Waals surface area contributed by atoms with Gasteiger partial charge in [-0.05, 0) is 34.1 Å². The zero-order chi connectivity index (χ0) is 12.3. The summed E-state index contributed by atoms with van der Waals surface area (Å²) in [7, 11) is 0. The summed E-state index contributed by atoms with van der Waals surface area (Å²) in [4.78, 5) is 3.87. The lowest BCUT2D eigenvalue weighted by Gasteiger charge is -2.09. The minimum atomic E-state index is -0.401. The van der Waals surface area contributed by atoms with Crippen LogP contribution in [0, 0.1) is 5.82 Å². The van der Waals surface area contributed by atoms with Crippen LogP contribution in [0.2, 0.25) is 0 Å². The number of hydrogen-bond acceptors (Lipinski definition) is 3. The van der Waals surface area contributed by atoms with E-state index in [0.717, 1.165) is 0 Å². The summed E-state index contributed by atoms with van der Waals surface area (Å²) < 4.78 is 19.1. The number of benzene rings is 1. The standard InChI is InChI=1S/C12H9BrFNO2/c13-10-2-1-9(5-11(10)14)17-12-3-4-15-6-8(12)7-16/h1-6,16H,7H2. The summed E-state index contributed by atoms with van der Waals surface area (Å²) in [5.41, 5.74) is 0.552. The number of aliphatic hydroxyl groups is 1. The first-order valence-electron chi connectivity index (χ1n) is 4.87. The highest BCUT2D eigenvalue weighted by Crippen LogP contribution is 2.27. The average Bonchev–Trinajstić information content (AvgIpc) is 2.34. The van der Waals surface area contributed by atoms with Gasteiger partial charge in [0.05, 0.1) is 11.1 Å². The van der Waals surface area contributed by atoms with Crippen LogP contribution in [0.4, 0.5) is 4.39 Å². The van der Waals surface area contributed by atoms with Crippen LogP contribution in [0.3, 0.4) is 0 Å². The maximum atomic E-state index is 13.3. The van der Waals surface area contributed by atoms with E-state index in [2.05, 4.69) is 20.9 Å². The minimum Gasteiger partial charge on any atom is -0.457 e. The van der Waals surface area contributed by atoms with Crippen LogP contribution in [0.5, 0.6) is 11.5 Å². The summed E-state index contributed by atoms with van der Waals surface area (Å²) in [5.74, 6) is 0.429. The first-order chi connectivity index (χ1) is 8.20. The normalized spacial score (nSPS) is 10.3. The average molecular weight is 298 g/mol. The topological polar surface area (TPSA) is 42.4 Å². The number of halogens is 2. The van der Waals surface area contributed by atoms with Crippen molar-refractivity contribution in [3.63, 3.8) is 0 Å². The molecule has 0 unspecified atom stereocenters. The number of ether oxygens (including phenoxy) is 1. The molecule has 17 heavy (non-hydrogen) atoms. The smallest absolute Gasteiger partial charge is 0.141 e. The van der Waals surface area contributed by atoms with Crippen molar-refractivity contribution in [1.29, 1.82) is 0 Å². The largest absolute Gasteiger partial charge is 0.457 e. The number of pyridine rings is 1. The van der Waals surface area contributed by atoms with E-state index in [4.69, 9.17) is 9.84 Å². The summed E-state index contributed by atoms with van der Waals surface area (Å²) in [6, 6.07) is 6.08. The van der Waals surface area contributed by atoms with Crippen LogP contribution < -0.4 is 4.74 Å². The third-order valence-corrected chi connectivity index (χ3v) is 2.79. The van der Waals surface area contributed by atoms with Crippen LogP contribution in [0.15, 0.2) is 41.1 Å². The molecule has 1 aromatic heterocycles. The molecule has 5 heteroatoms. The van der Waals surface area contributed by atoms with Crippen molar-refractivity contribution in [1.82, 2.24) is 4.98 Å². The molecule has 1 heterocycles. The highest BCUT2D eigenvalue weighted by Gasteiger charge is 2.06. The Balaban J connectivity index is 2.28. The van der Waals surface area contributed by atoms with Gasteiger partial charge in [-0.15, -0.1) is 0 Å². The number of aliphatic hydroxyl groups excluding tert-OH is 1.